The standard InChI is InChI=1S/C7H11N3O/c1-5-8-9-7-3-4-11-6(2)10(5)7/h6H,3-4H2,1-2H3. The molecular weight excluding hydrogens is 142 g/mol. The monoisotopic (exact) mass is 153 g/mol. The molecule has 0 radical (unpaired) electrons. The van der Waals surface area contributed by atoms with Crippen molar-refractivity contribution in [3.63, 3.8) is 0 Å². The maximum absolute atomic E-state index is 5.43. The third-order valence-corrected chi connectivity index (χ3v) is 1.99. The van der Waals surface area contributed by atoms with Gasteiger partial charge in [0.25, 0.3) is 0 Å². The molecule has 0 N–H and O–H groups in total. The molecule has 0 amide bonds. The molecule has 0 aliphatic carbocycles. The zero-order valence-corrected chi connectivity index (χ0v) is 6.74. The lowest BCUT2D eigenvalue weighted by Gasteiger charge is -2.22. The summed E-state index contributed by atoms with van der Waals surface area (Å²) in [5.41, 5.74) is 0. The Balaban J connectivity index is 2.48. The van der Waals surface area contributed by atoms with Crippen molar-refractivity contribution in [1.82, 2.24) is 14.8 Å². The van der Waals surface area contributed by atoms with E-state index in [1.807, 2.05) is 18.4 Å². The van der Waals surface area contributed by atoms with Gasteiger partial charge in [0.2, 0.25) is 0 Å². The third kappa shape index (κ3) is 0.939. The summed E-state index contributed by atoms with van der Waals surface area (Å²) in [6.45, 7) is 4.72. The summed E-state index contributed by atoms with van der Waals surface area (Å²) in [6.07, 6.45) is 0.985. The summed E-state index contributed by atoms with van der Waals surface area (Å²) < 4.78 is 7.46. The van der Waals surface area contributed by atoms with Crippen molar-refractivity contribution < 1.29 is 4.74 Å². The molecule has 11 heavy (non-hydrogen) atoms. The van der Waals surface area contributed by atoms with Crippen LogP contribution in [0.5, 0.6) is 0 Å². The number of hydrogen-bond acceptors (Lipinski definition) is 3. The van der Waals surface area contributed by atoms with Crippen molar-refractivity contribution >= 4 is 0 Å². The molecule has 0 bridgehead atoms. The van der Waals surface area contributed by atoms with Crippen LogP contribution in [-0.4, -0.2) is 21.4 Å². The summed E-state index contributed by atoms with van der Waals surface area (Å²) >= 11 is 0. The molecule has 2 rings (SSSR count). The molecule has 4 heteroatoms. The molecule has 1 unspecified atom stereocenters. The molecule has 1 aromatic rings. The molecule has 0 fully saturated rings. The molecule has 0 spiro atoms. The maximum Gasteiger partial charge on any atom is 0.137 e. The lowest BCUT2D eigenvalue weighted by molar-refractivity contribution is -0.00485. The first-order chi connectivity index (χ1) is 5.29. The maximum atomic E-state index is 5.43. The lowest BCUT2D eigenvalue weighted by Crippen LogP contribution is -2.21. The minimum absolute atomic E-state index is 0.105. The van der Waals surface area contributed by atoms with Gasteiger partial charge in [-0.2, -0.15) is 0 Å². The highest BCUT2D eigenvalue weighted by Crippen LogP contribution is 2.17. The fraction of sp³-hybridized carbons (Fsp3) is 0.714. The summed E-state index contributed by atoms with van der Waals surface area (Å²) in [4.78, 5) is 0. The molecule has 4 nitrogen and oxygen atoms in total. The van der Waals surface area contributed by atoms with E-state index in [1.165, 1.54) is 0 Å². The normalized spacial score (nSPS) is 23.3. The van der Waals surface area contributed by atoms with Crippen LogP contribution in [0.2, 0.25) is 0 Å². The number of aromatic nitrogens is 3. The van der Waals surface area contributed by atoms with Crippen molar-refractivity contribution in [2.24, 2.45) is 0 Å². The molecule has 60 valence electrons. The number of nitrogens with zero attached hydrogens (tertiary/aromatic N) is 3. The summed E-state index contributed by atoms with van der Waals surface area (Å²) in [5, 5.41) is 8.02. The fourth-order valence-corrected chi connectivity index (χ4v) is 1.45. The third-order valence-electron chi connectivity index (χ3n) is 1.99. The van der Waals surface area contributed by atoms with E-state index >= 15 is 0 Å². The minimum atomic E-state index is 0.105. The summed E-state index contributed by atoms with van der Waals surface area (Å²) in [6, 6.07) is 0. The molecule has 0 saturated heterocycles. The van der Waals surface area contributed by atoms with E-state index in [1.54, 1.807) is 0 Å². The largest absolute Gasteiger partial charge is 0.358 e. The van der Waals surface area contributed by atoms with E-state index in [0.717, 1.165) is 24.7 Å². The van der Waals surface area contributed by atoms with Gasteiger partial charge in [0.05, 0.1) is 6.61 Å². The molecular formula is C7H11N3O. The second-order valence-electron chi connectivity index (χ2n) is 2.75. The van der Waals surface area contributed by atoms with Gasteiger partial charge in [-0.05, 0) is 13.8 Å². The molecule has 1 aliphatic heterocycles. The van der Waals surface area contributed by atoms with Gasteiger partial charge < -0.3 is 4.74 Å². The van der Waals surface area contributed by atoms with Gasteiger partial charge >= 0.3 is 0 Å². The average molecular weight is 153 g/mol. The van der Waals surface area contributed by atoms with Gasteiger partial charge in [-0.25, -0.2) is 0 Å². The highest BCUT2D eigenvalue weighted by atomic mass is 16.5. The number of hydrogen-bond donors (Lipinski definition) is 0. The summed E-state index contributed by atoms with van der Waals surface area (Å²) in [7, 11) is 0. The predicted molar refractivity (Wildman–Crippen MR) is 39.1 cm³/mol. The molecule has 0 aromatic carbocycles. The SMILES string of the molecule is Cc1nnc2n1C(C)OCC2. The second kappa shape index (κ2) is 2.30. The average Bonchev–Trinajstić information content (AvgIpc) is 2.34. The number of ether oxygens (including phenoxy) is 1. The van der Waals surface area contributed by atoms with Gasteiger partial charge in [0.15, 0.2) is 0 Å². The van der Waals surface area contributed by atoms with Gasteiger partial charge in [-0.1, -0.05) is 0 Å². The topological polar surface area (TPSA) is 39.9 Å². The van der Waals surface area contributed by atoms with Crippen molar-refractivity contribution in [3.8, 4) is 0 Å². The van der Waals surface area contributed by atoms with E-state index in [2.05, 4.69) is 10.2 Å². The molecule has 1 atom stereocenters. The van der Waals surface area contributed by atoms with Gasteiger partial charge in [0.1, 0.15) is 17.9 Å². The first-order valence-electron chi connectivity index (χ1n) is 3.81. The van der Waals surface area contributed by atoms with Crippen LogP contribution in [0, 0.1) is 6.92 Å². The van der Waals surface area contributed by atoms with Gasteiger partial charge in [-0.3, -0.25) is 4.57 Å². The Labute approximate surface area is 65.2 Å². The van der Waals surface area contributed by atoms with Crippen molar-refractivity contribution in [2.75, 3.05) is 6.61 Å². The van der Waals surface area contributed by atoms with Crippen LogP contribution in [0.15, 0.2) is 0 Å². The fourth-order valence-electron chi connectivity index (χ4n) is 1.45. The quantitative estimate of drug-likeness (QED) is 0.550. The molecule has 0 saturated carbocycles. The Bertz CT molecular complexity index is 269. The van der Waals surface area contributed by atoms with E-state index < -0.39 is 0 Å². The smallest absolute Gasteiger partial charge is 0.137 e. The number of aryl methyl sites for hydroxylation is 1. The van der Waals surface area contributed by atoms with Gasteiger partial charge in [-0.15, -0.1) is 10.2 Å². The molecule has 1 aromatic heterocycles. The second-order valence-corrected chi connectivity index (χ2v) is 2.75. The lowest BCUT2D eigenvalue weighted by atomic mass is 10.3. The van der Waals surface area contributed by atoms with E-state index in [0.29, 0.717) is 0 Å². The van der Waals surface area contributed by atoms with Crippen LogP contribution < -0.4 is 0 Å². The zero-order valence-electron chi connectivity index (χ0n) is 6.74. The Kier molecular flexibility index (Phi) is 1.42. The first-order valence-corrected chi connectivity index (χ1v) is 3.81. The van der Waals surface area contributed by atoms with E-state index in [-0.39, 0.29) is 6.23 Å². The minimum Gasteiger partial charge on any atom is -0.358 e. The highest BCUT2D eigenvalue weighted by molar-refractivity contribution is 4.97. The molecule has 2 heterocycles. The highest BCUT2D eigenvalue weighted by Gasteiger charge is 2.19. The van der Waals surface area contributed by atoms with Crippen LogP contribution in [0.1, 0.15) is 24.8 Å². The Morgan fingerprint density at radius 2 is 2.36 bits per heavy atom. The van der Waals surface area contributed by atoms with Crippen LogP contribution in [0.25, 0.3) is 0 Å². The van der Waals surface area contributed by atoms with Crippen molar-refractivity contribution in [2.45, 2.75) is 26.5 Å². The van der Waals surface area contributed by atoms with E-state index in [9.17, 15) is 0 Å². The summed E-state index contributed by atoms with van der Waals surface area (Å²) in [5.74, 6) is 1.98. The Hall–Kier alpha value is -0.900. The van der Waals surface area contributed by atoms with Crippen LogP contribution in [-0.2, 0) is 11.2 Å². The number of fused-ring (bicyclic) bond motifs is 1. The van der Waals surface area contributed by atoms with Gasteiger partial charge in [0, 0.05) is 6.42 Å². The predicted octanol–water partition coefficient (Wildman–Crippen LogP) is 0.678. The molecule has 1 aliphatic rings. The van der Waals surface area contributed by atoms with Crippen LogP contribution in [0.4, 0.5) is 0 Å². The van der Waals surface area contributed by atoms with Crippen molar-refractivity contribution in [1.29, 1.82) is 0 Å². The Morgan fingerprint density at radius 3 is 3.09 bits per heavy atom. The van der Waals surface area contributed by atoms with Crippen LogP contribution in [0.3, 0.4) is 0 Å². The van der Waals surface area contributed by atoms with E-state index in [4.69, 9.17) is 4.74 Å². The number of rotatable bonds is 0. The Morgan fingerprint density at radius 1 is 1.55 bits per heavy atom. The van der Waals surface area contributed by atoms with Crippen molar-refractivity contribution in [3.05, 3.63) is 11.6 Å². The zero-order chi connectivity index (χ0) is 7.84. The first kappa shape index (κ1) is 6.79. The van der Waals surface area contributed by atoms with Crippen LogP contribution >= 0.6 is 0 Å².